The van der Waals surface area contributed by atoms with E-state index in [4.69, 9.17) is 5.11 Å². The Morgan fingerprint density at radius 2 is 1.95 bits per heavy atom. The highest BCUT2D eigenvalue weighted by Gasteiger charge is 2.17. The van der Waals surface area contributed by atoms with E-state index in [-0.39, 0.29) is 23.3 Å². The third-order valence-corrected chi connectivity index (χ3v) is 3.45. The number of nitrogens with zero attached hydrogens (tertiary/aromatic N) is 2. The van der Waals surface area contributed by atoms with Crippen molar-refractivity contribution in [3.05, 3.63) is 32.6 Å². The molecule has 0 aromatic carbocycles. The fourth-order valence-electron chi connectivity index (χ4n) is 2.19. The molecule has 0 amide bonds. The van der Waals surface area contributed by atoms with E-state index >= 15 is 0 Å². The van der Waals surface area contributed by atoms with E-state index in [0.29, 0.717) is 12.1 Å². The van der Waals surface area contributed by atoms with Gasteiger partial charge in [0.2, 0.25) is 0 Å². The summed E-state index contributed by atoms with van der Waals surface area (Å²) in [5.74, 6) is 0. The van der Waals surface area contributed by atoms with Crippen molar-refractivity contribution >= 4 is 0 Å². The quantitative estimate of drug-likeness (QED) is 0.737. The Balaban J connectivity index is 2.68. The molecule has 0 aliphatic heterocycles. The van der Waals surface area contributed by atoms with Crippen molar-refractivity contribution < 1.29 is 5.11 Å². The van der Waals surface area contributed by atoms with Gasteiger partial charge in [-0.3, -0.25) is 9.36 Å². The van der Waals surface area contributed by atoms with Gasteiger partial charge in [-0.25, -0.2) is 4.79 Å². The molecule has 0 aliphatic rings. The highest BCUT2D eigenvalue weighted by Crippen LogP contribution is 2.20. The average molecular weight is 283 g/mol. The fourth-order valence-corrected chi connectivity index (χ4v) is 2.19. The van der Waals surface area contributed by atoms with E-state index in [9.17, 15) is 9.59 Å². The second-order valence-electron chi connectivity index (χ2n) is 6.01. The maximum Gasteiger partial charge on any atom is 0.330 e. The van der Waals surface area contributed by atoms with E-state index in [1.807, 2.05) is 0 Å². The van der Waals surface area contributed by atoms with Gasteiger partial charge in [-0.15, -0.1) is 0 Å². The minimum absolute atomic E-state index is 0.0641. The molecule has 1 aromatic heterocycles. The molecule has 0 saturated carbocycles. The van der Waals surface area contributed by atoms with Crippen molar-refractivity contribution in [2.75, 3.05) is 13.2 Å². The van der Waals surface area contributed by atoms with Crippen molar-refractivity contribution in [2.24, 2.45) is 19.5 Å². The summed E-state index contributed by atoms with van der Waals surface area (Å²) in [6, 6.07) is 0. The van der Waals surface area contributed by atoms with Crippen LogP contribution in [0.5, 0.6) is 0 Å². The molecule has 0 atom stereocenters. The fraction of sp³-hybridized carbons (Fsp3) is 0.714. The molecule has 0 unspecified atom stereocenters. The number of aromatic nitrogens is 2. The van der Waals surface area contributed by atoms with Gasteiger partial charge in [0.05, 0.1) is 0 Å². The number of nitrogens with one attached hydrogen (secondary N) is 1. The van der Waals surface area contributed by atoms with E-state index in [1.165, 1.54) is 11.6 Å². The minimum atomic E-state index is -0.318. The van der Waals surface area contributed by atoms with Crippen LogP contribution in [0, 0.1) is 5.41 Å². The van der Waals surface area contributed by atoms with Crippen LogP contribution in [-0.2, 0) is 20.6 Å². The first kappa shape index (κ1) is 16.7. The molecule has 0 fully saturated rings. The first-order valence-electron chi connectivity index (χ1n) is 6.85. The number of hydrogen-bond acceptors (Lipinski definition) is 4. The smallest absolute Gasteiger partial charge is 0.330 e. The summed E-state index contributed by atoms with van der Waals surface area (Å²) in [7, 11) is 3.12. The molecule has 0 bridgehead atoms. The van der Waals surface area contributed by atoms with Crippen LogP contribution in [0.3, 0.4) is 0 Å². The lowest BCUT2D eigenvalue weighted by molar-refractivity contribution is 0.236. The lowest BCUT2D eigenvalue weighted by Gasteiger charge is -2.24. The summed E-state index contributed by atoms with van der Waals surface area (Å²) in [5.41, 5.74) is 0.0672. The van der Waals surface area contributed by atoms with Gasteiger partial charge in [0.15, 0.2) is 0 Å². The molecule has 0 spiro atoms. The molecule has 0 aliphatic carbocycles. The third-order valence-electron chi connectivity index (χ3n) is 3.45. The molecule has 1 heterocycles. The van der Waals surface area contributed by atoms with Gasteiger partial charge in [-0.2, -0.15) is 0 Å². The summed E-state index contributed by atoms with van der Waals surface area (Å²) >= 11 is 0. The highest BCUT2D eigenvalue weighted by molar-refractivity contribution is 5.05. The third kappa shape index (κ3) is 4.31. The monoisotopic (exact) mass is 283 g/mol. The van der Waals surface area contributed by atoms with Gasteiger partial charge >= 0.3 is 5.69 Å². The van der Waals surface area contributed by atoms with Crippen LogP contribution in [0.1, 0.15) is 32.3 Å². The molecule has 1 rings (SSSR count). The number of hydrogen-bond donors (Lipinski definition) is 2. The van der Waals surface area contributed by atoms with Crippen LogP contribution in [-0.4, -0.2) is 27.4 Å². The molecule has 6 nitrogen and oxygen atoms in total. The zero-order chi connectivity index (χ0) is 15.3. The molecule has 20 heavy (non-hydrogen) atoms. The summed E-state index contributed by atoms with van der Waals surface area (Å²) in [4.78, 5) is 23.5. The summed E-state index contributed by atoms with van der Waals surface area (Å²) in [5, 5.41) is 12.1. The first-order valence-corrected chi connectivity index (χ1v) is 6.85. The average Bonchev–Trinajstić information content (AvgIpc) is 2.39. The number of aliphatic hydroxyl groups excluding tert-OH is 1. The van der Waals surface area contributed by atoms with E-state index in [0.717, 1.165) is 24.0 Å². The predicted octanol–water partition coefficient (Wildman–Crippen LogP) is -0.0277. The number of rotatable bonds is 7. The second-order valence-corrected chi connectivity index (χ2v) is 6.01. The van der Waals surface area contributed by atoms with Gasteiger partial charge in [-0.1, -0.05) is 13.8 Å². The molecular weight excluding hydrogens is 258 g/mol. The summed E-state index contributed by atoms with van der Waals surface area (Å²) < 4.78 is 2.53. The van der Waals surface area contributed by atoms with Crippen LogP contribution >= 0.6 is 0 Å². The molecule has 114 valence electrons. The van der Waals surface area contributed by atoms with Crippen LogP contribution in [0.2, 0.25) is 0 Å². The Morgan fingerprint density at radius 1 is 1.30 bits per heavy atom. The van der Waals surface area contributed by atoms with Crippen LogP contribution in [0.4, 0.5) is 0 Å². The van der Waals surface area contributed by atoms with E-state index in [2.05, 4.69) is 19.2 Å². The topological polar surface area (TPSA) is 76.3 Å². The largest absolute Gasteiger partial charge is 0.396 e. The van der Waals surface area contributed by atoms with Crippen molar-refractivity contribution in [2.45, 2.75) is 33.2 Å². The predicted molar refractivity (Wildman–Crippen MR) is 78.7 cm³/mol. The van der Waals surface area contributed by atoms with Crippen LogP contribution < -0.4 is 16.6 Å². The first-order chi connectivity index (χ1) is 9.28. The zero-order valence-electron chi connectivity index (χ0n) is 12.8. The lowest BCUT2D eigenvalue weighted by Crippen LogP contribution is -2.40. The standard InChI is InChI=1S/C14H25N3O3/c1-14(2,6-5-7-18)10-15-8-11-9-16(3)13(20)17(4)12(11)19/h9,15,18H,5-8,10H2,1-4H3. The van der Waals surface area contributed by atoms with E-state index in [1.54, 1.807) is 13.2 Å². The minimum Gasteiger partial charge on any atom is -0.396 e. The lowest BCUT2D eigenvalue weighted by atomic mass is 9.88. The van der Waals surface area contributed by atoms with Gasteiger partial charge in [-0.05, 0) is 18.3 Å². The van der Waals surface area contributed by atoms with E-state index < -0.39 is 0 Å². The Kier molecular flexibility index (Phi) is 5.71. The normalized spacial score (nSPS) is 11.8. The summed E-state index contributed by atoms with van der Waals surface area (Å²) in [6.07, 6.45) is 3.27. The van der Waals surface area contributed by atoms with Gasteiger partial charge in [0.25, 0.3) is 5.56 Å². The zero-order valence-corrected chi connectivity index (χ0v) is 12.8. The van der Waals surface area contributed by atoms with Crippen LogP contribution in [0.25, 0.3) is 0 Å². The molecule has 6 heteroatoms. The Morgan fingerprint density at radius 3 is 2.55 bits per heavy atom. The molecule has 1 aromatic rings. The molecule has 0 radical (unpaired) electrons. The number of aryl methyl sites for hydroxylation is 1. The Labute approximate surface area is 119 Å². The van der Waals surface area contributed by atoms with Crippen molar-refractivity contribution in [3.63, 3.8) is 0 Å². The highest BCUT2D eigenvalue weighted by atomic mass is 16.3. The SMILES string of the molecule is Cn1cc(CNCC(C)(C)CCCO)c(=O)n(C)c1=O. The van der Waals surface area contributed by atoms with Crippen molar-refractivity contribution in [1.29, 1.82) is 0 Å². The summed E-state index contributed by atoms with van der Waals surface area (Å²) in [6.45, 7) is 5.62. The van der Waals surface area contributed by atoms with Crippen molar-refractivity contribution in [1.82, 2.24) is 14.5 Å². The maximum absolute atomic E-state index is 11.9. The van der Waals surface area contributed by atoms with Gasteiger partial charge in [0, 0.05) is 45.6 Å². The van der Waals surface area contributed by atoms with Crippen LogP contribution in [0.15, 0.2) is 15.8 Å². The van der Waals surface area contributed by atoms with Crippen molar-refractivity contribution in [3.8, 4) is 0 Å². The maximum atomic E-state index is 11.9. The van der Waals surface area contributed by atoms with Gasteiger partial charge in [0.1, 0.15) is 0 Å². The number of aliphatic hydroxyl groups is 1. The molecule has 0 saturated heterocycles. The molecule has 2 N–H and O–H groups in total. The Bertz CT molecular complexity index is 558. The Hall–Kier alpha value is -1.40. The molecular formula is C14H25N3O3. The second kappa shape index (κ2) is 6.85. The van der Waals surface area contributed by atoms with Gasteiger partial charge < -0.3 is 15.0 Å².